The molecule has 0 saturated heterocycles. The van der Waals surface area contributed by atoms with Crippen molar-refractivity contribution >= 4 is 28.5 Å². The molecule has 26 heavy (non-hydrogen) atoms. The summed E-state index contributed by atoms with van der Waals surface area (Å²) in [5.74, 6) is -0.352. The standard InChI is InChI=1S/C19H17ClFNO4/c1-9-13-8-12(21)4-5-15(13)26-18(9)10(2)22-19(24)11-6-14(20)17(23)16(7-11)25-3/h4-8,10,23H,1-3H3,(H,22,24). The molecule has 0 radical (unpaired) electrons. The van der Waals surface area contributed by atoms with Crippen LogP contribution in [0.4, 0.5) is 4.39 Å². The highest BCUT2D eigenvalue weighted by Gasteiger charge is 2.21. The molecule has 3 rings (SSSR count). The monoisotopic (exact) mass is 377 g/mol. The minimum Gasteiger partial charge on any atom is -0.503 e. The lowest BCUT2D eigenvalue weighted by molar-refractivity contribution is 0.0935. The number of hydrogen-bond donors (Lipinski definition) is 2. The number of aromatic hydroxyl groups is 1. The van der Waals surface area contributed by atoms with Gasteiger partial charge in [-0.25, -0.2) is 4.39 Å². The first-order chi connectivity index (χ1) is 12.3. The van der Waals surface area contributed by atoms with Gasteiger partial charge in [-0.2, -0.15) is 0 Å². The number of methoxy groups -OCH3 is 1. The van der Waals surface area contributed by atoms with E-state index in [1.54, 1.807) is 13.0 Å². The van der Waals surface area contributed by atoms with Crippen molar-refractivity contribution in [3.05, 3.63) is 58.1 Å². The molecule has 0 saturated carbocycles. The van der Waals surface area contributed by atoms with Crippen molar-refractivity contribution in [2.45, 2.75) is 19.9 Å². The Morgan fingerprint density at radius 3 is 2.77 bits per heavy atom. The van der Waals surface area contributed by atoms with E-state index < -0.39 is 11.9 Å². The summed E-state index contributed by atoms with van der Waals surface area (Å²) in [5, 5.41) is 13.2. The van der Waals surface area contributed by atoms with Crippen LogP contribution in [-0.4, -0.2) is 18.1 Å². The summed E-state index contributed by atoms with van der Waals surface area (Å²) in [6, 6.07) is 6.56. The molecule has 7 heteroatoms. The zero-order chi connectivity index (χ0) is 19.0. The van der Waals surface area contributed by atoms with Crippen LogP contribution in [0.15, 0.2) is 34.7 Å². The molecule has 0 fully saturated rings. The fourth-order valence-electron chi connectivity index (χ4n) is 2.83. The van der Waals surface area contributed by atoms with Crippen LogP contribution in [0.25, 0.3) is 11.0 Å². The molecule has 5 nitrogen and oxygen atoms in total. The van der Waals surface area contributed by atoms with E-state index in [0.717, 1.165) is 5.56 Å². The van der Waals surface area contributed by atoms with Crippen molar-refractivity contribution in [2.24, 2.45) is 0 Å². The molecule has 1 aromatic heterocycles. The van der Waals surface area contributed by atoms with Crippen molar-refractivity contribution < 1.29 is 23.4 Å². The van der Waals surface area contributed by atoms with Gasteiger partial charge in [0.15, 0.2) is 11.5 Å². The molecule has 3 aromatic rings. The summed E-state index contributed by atoms with van der Waals surface area (Å²) in [4.78, 5) is 12.5. The Bertz CT molecular complexity index is 999. The zero-order valence-corrected chi connectivity index (χ0v) is 15.1. The molecule has 1 atom stereocenters. The number of carbonyl (C=O) groups is 1. The number of furan rings is 1. The maximum Gasteiger partial charge on any atom is 0.252 e. The number of halogens is 2. The fourth-order valence-corrected chi connectivity index (χ4v) is 3.04. The maximum absolute atomic E-state index is 13.4. The molecule has 0 bridgehead atoms. The highest BCUT2D eigenvalue weighted by atomic mass is 35.5. The number of benzene rings is 2. The summed E-state index contributed by atoms with van der Waals surface area (Å²) >= 11 is 5.92. The van der Waals surface area contributed by atoms with Crippen LogP contribution < -0.4 is 10.1 Å². The number of ether oxygens (including phenoxy) is 1. The number of rotatable bonds is 4. The third-order valence-electron chi connectivity index (χ3n) is 4.19. The second-order valence-corrected chi connectivity index (χ2v) is 6.34. The Morgan fingerprint density at radius 1 is 1.35 bits per heavy atom. The van der Waals surface area contributed by atoms with E-state index in [9.17, 15) is 14.3 Å². The van der Waals surface area contributed by atoms with Crippen LogP contribution >= 0.6 is 11.6 Å². The van der Waals surface area contributed by atoms with Gasteiger partial charge in [0.1, 0.15) is 17.2 Å². The predicted molar refractivity (Wildman–Crippen MR) is 96.5 cm³/mol. The fraction of sp³-hybridized carbons (Fsp3) is 0.211. The molecule has 2 N–H and O–H groups in total. The van der Waals surface area contributed by atoms with E-state index in [2.05, 4.69) is 5.32 Å². The minimum atomic E-state index is -0.462. The third-order valence-corrected chi connectivity index (χ3v) is 4.47. The van der Waals surface area contributed by atoms with Crippen LogP contribution in [0.5, 0.6) is 11.5 Å². The first-order valence-corrected chi connectivity index (χ1v) is 8.25. The molecule has 0 aliphatic rings. The Balaban J connectivity index is 1.88. The molecule has 136 valence electrons. The number of fused-ring (bicyclic) bond motifs is 1. The average Bonchev–Trinajstić information content (AvgIpc) is 2.93. The van der Waals surface area contributed by atoms with Crippen LogP contribution in [0.3, 0.4) is 0 Å². The predicted octanol–water partition coefficient (Wildman–Crippen LogP) is 4.74. The van der Waals surface area contributed by atoms with Crippen LogP contribution in [0, 0.1) is 12.7 Å². The molecule has 1 amide bonds. The molecule has 1 unspecified atom stereocenters. The lowest BCUT2D eigenvalue weighted by Crippen LogP contribution is -2.26. The number of amides is 1. The van der Waals surface area contributed by atoms with Crippen molar-refractivity contribution in [1.82, 2.24) is 5.32 Å². The second-order valence-electron chi connectivity index (χ2n) is 5.94. The molecule has 1 heterocycles. The van der Waals surface area contributed by atoms with E-state index in [-0.39, 0.29) is 27.9 Å². The van der Waals surface area contributed by atoms with Gasteiger partial charge in [-0.05, 0) is 44.2 Å². The SMILES string of the molecule is COc1cc(C(=O)NC(C)c2oc3ccc(F)cc3c2C)cc(Cl)c1O. The second kappa shape index (κ2) is 6.88. The summed E-state index contributed by atoms with van der Waals surface area (Å²) in [6.07, 6.45) is 0. The van der Waals surface area contributed by atoms with E-state index in [0.29, 0.717) is 16.7 Å². The van der Waals surface area contributed by atoms with Crippen molar-refractivity contribution in [1.29, 1.82) is 0 Å². The summed E-state index contributed by atoms with van der Waals surface area (Å²) in [7, 11) is 1.37. The first kappa shape index (κ1) is 18.1. The number of aryl methyl sites for hydroxylation is 1. The lowest BCUT2D eigenvalue weighted by atomic mass is 10.1. The van der Waals surface area contributed by atoms with Crippen LogP contribution in [0.2, 0.25) is 5.02 Å². The number of phenols is 1. The summed E-state index contributed by atoms with van der Waals surface area (Å²) in [6.45, 7) is 3.57. The quantitative estimate of drug-likeness (QED) is 0.689. The molecule has 2 aromatic carbocycles. The van der Waals surface area contributed by atoms with E-state index in [4.69, 9.17) is 20.8 Å². The molecular weight excluding hydrogens is 361 g/mol. The zero-order valence-electron chi connectivity index (χ0n) is 14.4. The minimum absolute atomic E-state index is 0.0116. The average molecular weight is 378 g/mol. The Morgan fingerprint density at radius 2 is 2.08 bits per heavy atom. The lowest BCUT2D eigenvalue weighted by Gasteiger charge is -2.14. The Kier molecular flexibility index (Phi) is 4.78. The topological polar surface area (TPSA) is 71.7 Å². The van der Waals surface area contributed by atoms with Crippen molar-refractivity contribution in [3.63, 3.8) is 0 Å². The highest BCUT2D eigenvalue weighted by molar-refractivity contribution is 6.32. The normalized spacial score (nSPS) is 12.2. The van der Waals surface area contributed by atoms with E-state index >= 15 is 0 Å². The van der Waals surface area contributed by atoms with E-state index in [1.807, 2.05) is 6.92 Å². The number of carbonyl (C=O) groups excluding carboxylic acids is 1. The molecule has 0 aliphatic heterocycles. The third kappa shape index (κ3) is 3.20. The van der Waals surface area contributed by atoms with Crippen LogP contribution in [0.1, 0.15) is 34.6 Å². The van der Waals surface area contributed by atoms with Crippen molar-refractivity contribution in [2.75, 3.05) is 7.11 Å². The van der Waals surface area contributed by atoms with Gasteiger partial charge in [0.25, 0.3) is 5.91 Å². The van der Waals surface area contributed by atoms with Crippen molar-refractivity contribution in [3.8, 4) is 11.5 Å². The smallest absolute Gasteiger partial charge is 0.252 e. The van der Waals surface area contributed by atoms with Crippen LogP contribution in [-0.2, 0) is 0 Å². The molecule has 0 spiro atoms. The van der Waals surface area contributed by atoms with Gasteiger partial charge >= 0.3 is 0 Å². The Labute approximate surface area is 154 Å². The van der Waals surface area contributed by atoms with Gasteiger partial charge in [0, 0.05) is 16.5 Å². The summed E-state index contributed by atoms with van der Waals surface area (Å²) < 4.78 is 24.2. The number of phenolic OH excluding ortho intramolecular Hbond substituents is 1. The number of nitrogens with one attached hydrogen (secondary N) is 1. The molecule has 0 aliphatic carbocycles. The van der Waals surface area contributed by atoms with E-state index in [1.165, 1.54) is 31.4 Å². The Hall–Kier alpha value is -2.73. The molecular formula is C19H17ClFNO4. The number of hydrogen-bond acceptors (Lipinski definition) is 4. The largest absolute Gasteiger partial charge is 0.503 e. The highest BCUT2D eigenvalue weighted by Crippen LogP contribution is 2.35. The van der Waals surface area contributed by atoms with Gasteiger partial charge in [0.2, 0.25) is 0 Å². The van der Waals surface area contributed by atoms with Gasteiger partial charge < -0.3 is 19.6 Å². The maximum atomic E-state index is 13.4. The first-order valence-electron chi connectivity index (χ1n) is 7.87. The van der Waals surface area contributed by atoms with Gasteiger partial charge in [-0.1, -0.05) is 11.6 Å². The van der Waals surface area contributed by atoms with Gasteiger partial charge in [0.05, 0.1) is 18.2 Å². The van der Waals surface area contributed by atoms with Gasteiger partial charge in [-0.15, -0.1) is 0 Å². The summed E-state index contributed by atoms with van der Waals surface area (Å²) in [5.41, 5.74) is 1.54. The van der Waals surface area contributed by atoms with Gasteiger partial charge in [-0.3, -0.25) is 4.79 Å².